The van der Waals surface area contributed by atoms with Crippen LogP contribution in [0, 0.1) is 0 Å². The second-order valence-electron chi connectivity index (χ2n) is 13.5. The molecule has 4 aromatic rings. The number of hydrogen-bond acceptors (Lipinski definition) is 12. The van der Waals surface area contributed by atoms with Crippen LogP contribution in [0.4, 0.5) is 28.8 Å². The van der Waals surface area contributed by atoms with Gasteiger partial charge in [-0.3, -0.25) is 34.3 Å². The van der Waals surface area contributed by atoms with E-state index >= 15 is 0 Å². The minimum Gasteiger partial charge on any atom is -0.494 e. The van der Waals surface area contributed by atoms with Gasteiger partial charge in [-0.15, -0.1) is 0 Å². The largest absolute Gasteiger partial charge is 0.494 e. The van der Waals surface area contributed by atoms with Crippen LogP contribution in [-0.4, -0.2) is 96.1 Å². The van der Waals surface area contributed by atoms with Crippen molar-refractivity contribution in [1.82, 2.24) is 25.1 Å². The second kappa shape index (κ2) is 14.6. The number of para-hydroxylation sites is 1. The van der Waals surface area contributed by atoms with E-state index < -0.39 is 36.8 Å². The molecule has 53 heavy (non-hydrogen) atoms. The molecular formula is C37H38ClN8O6P. The van der Waals surface area contributed by atoms with E-state index in [2.05, 4.69) is 35.7 Å². The van der Waals surface area contributed by atoms with Gasteiger partial charge >= 0.3 is 0 Å². The molecule has 274 valence electrons. The van der Waals surface area contributed by atoms with E-state index in [-0.39, 0.29) is 24.0 Å². The molecule has 2 fully saturated rings. The molecule has 3 aromatic carbocycles. The third-order valence-electron chi connectivity index (χ3n) is 9.56. The highest BCUT2D eigenvalue weighted by Gasteiger charge is 2.44. The van der Waals surface area contributed by atoms with E-state index in [1.165, 1.54) is 6.20 Å². The molecule has 16 heteroatoms. The first-order valence-electron chi connectivity index (χ1n) is 17.1. The molecule has 0 radical (unpaired) electrons. The molecule has 0 saturated carbocycles. The summed E-state index contributed by atoms with van der Waals surface area (Å²) < 4.78 is 18.6. The van der Waals surface area contributed by atoms with E-state index in [1.807, 2.05) is 48.5 Å². The Labute approximate surface area is 311 Å². The lowest BCUT2D eigenvalue weighted by Crippen LogP contribution is -2.54. The van der Waals surface area contributed by atoms with Gasteiger partial charge in [0.15, 0.2) is 5.82 Å². The number of anilines is 5. The number of nitrogens with zero attached hydrogens (tertiary/aromatic N) is 5. The Bertz CT molecular complexity index is 2190. The summed E-state index contributed by atoms with van der Waals surface area (Å²) in [4.78, 5) is 64.8. The molecule has 1 atom stereocenters. The molecule has 3 aliphatic rings. The Hall–Kier alpha value is -5.30. The van der Waals surface area contributed by atoms with Gasteiger partial charge in [-0.2, -0.15) is 4.98 Å². The van der Waals surface area contributed by atoms with Gasteiger partial charge in [-0.25, -0.2) is 4.98 Å². The molecule has 0 spiro atoms. The Morgan fingerprint density at radius 3 is 2.42 bits per heavy atom. The quantitative estimate of drug-likeness (QED) is 0.152. The van der Waals surface area contributed by atoms with Gasteiger partial charge in [0.2, 0.25) is 17.8 Å². The lowest BCUT2D eigenvalue weighted by Gasteiger charge is -2.36. The first-order chi connectivity index (χ1) is 25.4. The molecule has 1 unspecified atom stereocenters. The molecular weight excluding hydrogens is 719 g/mol. The first-order valence-corrected chi connectivity index (χ1v) is 20.1. The maximum atomic E-state index is 13.3. The zero-order valence-corrected chi connectivity index (χ0v) is 31.0. The number of aromatic nitrogens is 2. The van der Waals surface area contributed by atoms with E-state index in [4.69, 9.17) is 16.3 Å². The minimum absolute atomic E-state index is 0.0769. The molecule has 2 saturated heterocycles. The van der Waals surface area contributed by atoms with E-state index in [0.29, 0.717) is 45.8 Å². The monoisotopic (exact) mass is 756 g/mol. The van der Waals surface area contributed by atoms with Crippen LogP contribution < -0.4 is 30.9 Å². The lowest BCUT2D eigenvalue weighted by atomic mass is 10.0. The fourth-order valence-electron chi connectivity index (χ4n) is 6.83. The van der Waals surface area contributed by atoms with Crippen molar-refractivity contribution >= 4 is 76.5 Å². The highest BCUT2D eigenvalue weighted by Crippen LogP contribution is 2.39. The number of piperidine rings is 1. The highest BCUT2D eigenvalue weighted by molar-refractivity contribution is 7.70. The second-order valence-corrected chi connectivity index (χ2v) is 17.1. The number of benzene rings is 3. The Kier molecular flexibility index (Phi) is 9.95. The number of rotatable bonds is 10. The van der Waals surface area contributed by atoms with E-state index in [1.54, 1.807) is 32.6 Å². The summed E-state index contributed by atoms with van der Waals surface area (Å²) in [5, 5.41) is 9.67. The molecule has 3 N–H and O–H groups in total. The van der Waals surface area contributed by atoms with Gasteiger partial charge in [0.05, 0.1) is 35.8 Å². The number of carbonyl (C=O) groups is 4. The normalized spacial score (nSPS) is 17.8. The Balaban J connectivity index is 0.980. The lowest BCUT2D eigenvalue weighted by molar-refractivity contribution is -0.136. The summed E-state index contributed by atoms with van der Waals surface area (Å²) in [5.74, 6) is -0.784. The van der Waals surface area contributed by atoms with Gasteiger partial charge < -0.3 is 24.8 Å². The van der Waals surface area contributed by atoms with E-state index in [0.717, 1.165) is 42.3 Å². The predicted octanol–water partition coefficient (Wildman–Crippen LogP) is 4.60. The van der Waals surface area contributed by atoms with Crippen LogP contribution in [0.25, 0.3) is 0 Å². The van der Waals surface area contributed by atoms with Gasteiger partial charge in [-0.1, -0.05) is 29.8 Å². The molecule has 0 bridgehead atoms. The third-order valence-corrected chi connectivity index (χ3v) is 11.4. The van der Waals surface area contributed by atoms with Crippen molar-refractivity contribution in [2.24, 2.45) is 0 Å². The van der Waals surface area contributed by atoms with E-state index in [9.17, 15) is 23.7 Å². The summed E-state index contributed by atoms with van der Waals surface area (Å²) in [6.07, 6.45) is 1.69. The van der Waals surface area contributed by atoms with Crippen LogP contribution in [0.5, 0.6) is 5.75 Å². The van der Waals surface area contributed by atoms with Gasteiger partial charge in [0.1, 0.15) is 24.0 Å². The van der Waals surface area contributed by atoms with Crippen LogP contribution >= 0.6 is 18.7 Å². The first kappa shape index (κ1) is 36.1. The number of carbonyl (C=O) groups excluding carboxylic acids is 4. The van der Waals surface area contributed by atoms with Crippen LogP contribution in [0.1, 0.15) is 39.1 Å². The van der Waals surface area contributed by atoms with Crippen molar-refractivity contribution in [2.45, 2.75) is 25.4 Å². The zero-order chi connectivity index (χ0) is 37.4. The molecule has 7 rings (SSSR count). The molecule has 3 aliphatic heterocycles. The number of methoxy groups -OCH3 is 1. The van der Waals surface area contributed by atoms with Crippen LogP contribution in [0.2, 0.25) is 5.02 Å². The molecule has 1 aromatic heterocycles. The zero-order valence-electron chi connectivity index (χ0n) is 29.4. The van der Waals surface area contributed by atoms with Crippen LogP contribution in [0.15, 0.2) is 66.9 Å². The average Bonchev–Trinajstić information content (AvgIpc) is 3.38. The van der Waals surface area contributed by atoms with Crippen molar-refractivity contribution in [1.29, 1.82) is 0 Å². The standard InChI is InChI=1S/C37H38ClN8O6P/c1-52-30-19-23(9-11-27(30)41-37-39-20-26(38)33(43-37)40-28-6-4-5-7-31(28)53(2,3)51)45-16-14-44(15-17-45)21-22-8-10-24-25(18-22)36(50)46(35(24)49)29-12-13-32(47)42-34(29)48/h4-11,18-20,29H,12-17,21H2,1-3H3,(H,42,47,48)(H2,39,40,41,43). The number of nitrogens with one attached hydrogen (secondary N) is 3. The maximum Gasteiger partial charge on any atom is 0.262 e. The summed E-state index contributed by atoms with van der Waals surface area (Å²) in [6, 6.07) is 17.5. The fraction of sp³-hybridized carbons (Fsp3) is 0.297. The van der Waals surface area contributed by atoms with Gasteiger partial charge in [0, 0.05) is 56.2 Å². The number of piperazine rings is 1. The Morgan fingerprint density at radius 2 is 1.68 bits per heavy atom. The SMILES string of the molecule is COc1cc(N2CCN(Cc3ccc4c(c3)C(=O)N(C3CCC(=O)NC3=O)C4=O)CC2)ccc1Nc1ncc(Cl)c(Nc2ccccc2P(C)(C)=O)n1. The molecule has 14 nitrogen and oxygen atoms in total. The van der Waals surface area contributed by atoms with Crippen molar-refractivity contribution < 1.29 is 28.5 Å². The summed E-state index contributed by atoms with van der Waals surface area (Å²) >= 11 is 6.44. The summed E-state index contributed by atoms with van der Waals surface area (Å²) in [6.45, 7) is 7.04. The average molecular weight is 757 g/mol. The number of imide groups is 2. The maximum absolute atomic E-state index is 13.3. The van der Waals surface area contributed by atoms with Gasteiger partial charge in [0.25, 0.3) is 11.8 Å². The molecule has 4 amide bonds. The van der Waals surface area contributed by atoms with Crippen LogP contribution in [0.3, 0.4) is 0 Å². The third kappa shape index (κ3) is 7.48. The highest BCUT2D eigenvalue weighted by atomic mass is 35.5. The van der Waals surface area contributed by atoms with Gasteiger partial charge in [-0.05, 0) is 61.7 Å². The molecule has 4 heterocycles. The van der Waals surface area contributed by atoms with Crippen molar-refractivity contribution in [3.05, 3.63) is 88.6 Å². The van der Waals surface area contributed by atoms with Crippen molar-refractivity contribution in [3.8, 4) is 5.75 Å². The van der Waals surface area contributed by atoms with Crippen LogP contribution in [-0.2, 0) is 20.7 Å². The summed E-state index contributed by atoms with van der Waals surface area (Å²) in [5.41, 5.74) is 3.75. The smallest absolute Gasteiger partial charge is 0.262 e. The Morgan fingerprint density at radius 1 is 0.925 bits per heavy atom. The number of hydrogen-bond donors (Lipinski definition) is 3. The number of halogens is 1. The minimum atomic E-state index is -2.57. The summed E-state index contributed by atoms with van der Waals surface area (Å²) in [7, 11) is -0.967. The van der Waals surface area contributed by atoms with Crippen molar-refractivity contribution in [2.75, 3.05) is 62.2 Å². The number of fused-ring (bicyclic) bond motifs is 1. The number of amides is 4. The predicted molar refractivity (Wildman–Crippen MR) is 203 cm³/mol. The van der Waals surface area contributed by atoms with Crippen molar-refractivity contribution in [3.63, 3.8) is 0 Å². The topological polar surface area (TPSA) is 166 Å². The fourth-order valence-corrected chi connectivity index (χ4v) is 8.12. The molecule has 0 aliphatic carbocycles. The number of ether oxygens (including phenoxy) is 1.